The van der Waals surface area contributed by atoms with Gasteiger partial charge in [0.1, 0.15) is 0 Å². The molecule has 6 nitrogen and oxygen atoms in total. The summed E-state index contributed by atoms with van der Waals surface area (Å²) in [5.74, 6) is 1.44. The van der Waals surface area contributed by atoms with E-state index in [0.717, 1.165) is 33.8 Å². The summed E-state index contributed by atoms with van der Waals surface area (Å²) >= 11 is 1.57. The molecule has 0 radical (unpaired) electrons. The maximum Gasteiger partial charge on any atom is 0.214 e. The number of ether oxygens (including phenoxy) is 1. The zero-order valence-electron chi connectivity index (χ0n) is 11.6. The summed E-state index contributed by atoms with van der Waals surface area (Å²) < 4.78 is 6.88. The quantitative estimate of drug-likeness (QED) is 0.785. The number of nitrogens with one attached hydrogen (secondary N) is 1. The molecule has 3 heterocycles. The number of fused-ring (bicyclic) bond motifs is 1. The second kappa shape index (κ2) is 5.00. The average molecular weight is 301 g/mol. The molecule has 1 aliphatic carbocycles. The lowest BCUT2D eigenvalue weighted by Crippen LogP contribution is -2.02. The van der Waals surface area contributed by atoms with Gasteiger partial charge in [-0.1, -0.05) is 11.3 Å². The Bertz CT molecular complexity index is 728. The number of imidazole rings is 1. The maximum absolute atomic E-state index is 5.06. The monoisotopic (exact) mass is 301 g/mol. The third-order valence-electron chi connectivity index (χ3n) is 3.52. The van der Waals surface area contributed by atoms with Crippen LogP contribution in [0.2, 0.25) is 0 Å². The van der Waals surface area contributed by atoms with Gasteiger partial charge in [0.2, 0.25) is 16.0 Å². The molecule has 0 saturated heterocycles. The van der Waals surface area contributed by atoms with Crippen LogP contribution in [-0.4, -0.2) is 33.2 Å². The zero-order chi connectivity index (χ0) is 14.2. The molecular weight excluding hydrogens is 286 g/mol. The second-order valence-electron chi connectivity index (χ2n) is 5.17. The van der Waals surface area contributed by atoms with Gasteiger partial charge in [0.05, 0.1) is 19.0 Å². The van der Waals surface area contributed by atoms with Crippen molar-refractivity contribution in [3.63, 3.8) is 0 Å². The van der Waals surface area contributed by atoms with Crippen molar-refractivity contribution < 1.29 is 4.74 Å². The van der Waals surface area contributed by atoms with Gasteiger partial charge in [0, 0.05) is 24.4 Å². The number of anilines is 1. The van der Waals surface area contributed by atoms with Gasteiger partial charge in [-0.05, 0) is 24.8 Å². The summed E-state index contributed by atoms with van der Waals surface area (Å²) in [5, 5.41) is 8.82. The molecule has 4 rings (SSSR count). The molecule has 1 saturated carbocycles. The Balaban J connectivity index is 1.56. The molecule has 1 fully saturated rings. The predicted molar refractivity (Wildman–Crippen MR) is 81.9 cm³/mol. The zero-order valence-corrected chi connectivity index (χ0v) is 12.4. The van der Waals surface area contributed by atoms with Crippen molar-refractivity contribution in [2.45, 2.75) is 12.8 Å². The van der Waals surface area contributed by atoms with Gasteiger partial charge in [-0.15, -0.1) is 5.10 Å². The normalized spacial score (nSPS) is 14.5. The highest BCUT2D eigenvalue weighted by atomic mass is 32.1. The number of nitrogens with zero attached hydrogens (tertiary/aromatic N) is 4. The summed E-state index contributed by atoms with van der Waals surface area (Å²) in [5.41, 5.74) is 1.83. The molecule has 0 aliphatic heterocycles. The SMILES string of the molecule is COc1ccc(-c2cn3nc(NCC4CC4)sc3n2)cn1. The van der Waals surface area contributed by atoms with Crippen molar-refractivity contribution in [3.8, 4) is 17.1 Å². The lowest BCUT2D eigenvalue weighted by Gasteiger charge is -1.99. The van der Waals surface area contributed by atoms with Crippen LogP contribution in [-0.2, 0) is 0 Å². The standard InChI is InChI=1S/C14H15N5OS/c1-20-12-5-4-10(7-15-12)11-8-19-14(17-11)21-13(18-19)16-6-9-2-3-9/h4-5,7-9H,2-3,6H2,1H3,(H,16,18). The fraction of sp³-hybridized carbons (Fsp3) is 0.357. The molecule has 0 unspecified atom stereocenters. The largest absolute Gasteiger partial charge is 0.481 e. The lowest BCUT2D eigenvalue weighted by molar-refractivity contribution is 0.398. The number of hydrogen-bond donors (Lipinski definition) is 1. The van der Waals surface area contributed by atoms with Crippen LogP contribution in [0.4, 0.5) is 5.13 Å². The van der Waals surface area contributed by atoms with Crippen LogP contribution in [0.15, 0.2) is 24.5 Å². The Labute approximate surface area is 125 Å². The van der Waals surface area contributed by atoms with Crippen molar-refractivity contribution in [2.75, 3.05) is 19.0 Å². The Hall–Kier alpha value is -2.15. The van der Waals surface area contributed by atoms with E-state index < -0.39 is 0 Å². The fourth-order valence-corrected chi connectivity index (χ4v) is 2.91. The van der Waals surface area contributed by atoms with E-state index in [4.69, 9.17) is 4.74 Å². The van der Waals surface area contributed by atoms with E-state index in [9.17, 15) is 0 Å². The minimum Gasteiger partial charge on any atom is -0.481 e. The van der Waals surface area contributed by atoms with E-state index in [1.54, 1.807) is 24.6 Å². The molecule has 0 spiro atoms. The molecule has 0 atom stereocenters. The third-order valence-corrected chi connectivity index (χ3v) is 4.40. The van der Waals surface area contributed by atoms with Gasteiger partial charge in [-0.3, -0.25) is 0 Å². The Morgan fingerprint density at radius 3 is 3.00 bits per heavy atom. The van der Waals surface area contributed by atoms with Crippen LogP contribution in [0, 0.1) is 5.92 Å². The number of methoxy groups -OCH3 is 1. The van der Waals surface area contributed by atoms with Crippen LogP contribution in [0.5, 0.6) is 5.88 Å². The van der Waals surface area contributed by atoms with Crippen molar-refractivity contribution in [3.05, 3.63) is 24.5 Å². The lowest BCUT2D eigenvalue weighted by atomic mass is 10.2. The van der Waals surface area contributed by atoms with Crippen molar-refractivity contribution in [1.29, 1.82) is 0 Å². The van der Waals surface area contributed by atoms with E-state index in [1.165, 1.54) is 12.8 Å². The van der Waals surface area contributed by atoms with Crippen molar-refractivity contribution in [1.82, 2.24) is 19.6 Å². The van der Waals surface area contributed by atoms with E-state index in [1.807, 2.05) is 22.8 Å². The molecule has 0 bridgehead atoms. The minimum atomic E-state index is 0.601. The molecule has 21 heavy (non-hydrogen) atoms. The summed E-state index contributed by atoms with van der Waals surface area (Å²) in [6, 6.07) is 3.78. The minimum absolute atomic E-state index is 0.601. The molecule has 108 valence electrons. The Morgan fingerprint density at radius 2 is 2.33 bits per heavy atom. The molecule has 3 aromatic heterocycles. The molecule has 1 N–H and O–H groups in total. The number of hydrogen-bond acceptors (Lipinski definition) is 6. The van der Waals surface area contributed by atoms with Crippen LogP contribution in [0.25, 0.3) is 16.2 Å². The van der Waals surface area contributed by atoms with Gasteiger partial charge in [0.25, 0.3) is 0 Å². The molecule has 0 aromatic carbocycles. The Morgan fingerprint density at radius 1 is 1.43 bits per heavy atom. The number of pyridine rings is 1. The van der Waals surface area contributed by atoms with E-state index in [2.05, 4.69) is 20.4 Å². The highest BCUT2D eigenvalue weighted by Crippen LogP contribution is 2.30. The van der Waals surface area contributed by atoms with Crippen LogP contribution in [0.3, 0.4) is 0 Å². The summed E-state index contributed by atoms with van der Waals surface area (Å²) in [6.45, 7) is 1.02. The second-order valence-corrected chi connectivity index (χ2v) is 6.13. The van der Waals surface area contributed by atoms with Crippen molar-refractivity contribution in [2.24, 2.45) is 5.92 Å². The first kappa shape index (κ1) is 12.6. The van der Waals surface area contributed by atoms with Crippen molar-refractivity contribution >= 4 is 21.4 Å². The predicted octanol–water partition coefficient (Wildman–Crippen LogP) is 2.68. The first-order valence-electron chi connectivity index (χ1n) is 6.92. The third kappa shape index (κ3) is 2.56. The highest BCUT2D eigenvalue weighted by molar-refractivity contribution is 7.20. The molecule has 7 heteroatoms. The Kier molecular flexibility index (Phi) is 2.99. The summed E-state index contributed by atoms with van der Waals surface area (Å²) in [7, 11) is 1.61. The molecular formula is C14H15N5OS. The average Bonchev–Trinajstić information content (AvgIpc) is 3.14. The maximum atomic E-state index is 5.06. The van der Waals surface area contributed by atoms with E-state index >= 15 is 0 Å². The first-order valence-corrected chi connectivity index (χ1v) is 7.74. The van der Waals surface area contributed by atoms with Crippen LogP contribution < -0.4 is 10.1 Å². The van der Waals surface area contributed by atoms with Gasteiger partial charge in [-0.25, -0.2) is 14.5 Å². The highest BCUT2D eigenvalue weighted by Gasteiger charge is 2.21. The summed E-state index contributed by atoms with van der Waals surface area (Å²) in [4.78, 5) is 9.69. The van der Waals surface area contributed by atoms with Gasteiger partial charge >= 0.3 is 0 Å². The van der Waals surface area contributed by atoms with Gasteiger partial charge in [-0.2, -0.15) is 0 Å². The van der Waals surface area contributed by atoms with Crippen LogP contribution >= 0.6 is 11.3 Å². The van der Waals surface area contributed by atoms with Gasteiger partial charge < -0.3 is 10.1 Å². The number of aromatic nitrogens is 4. The smallest absolute Gasteiger partial charge is 0.214 e. The molecule has 3 aromatic rings. The first-order chi connectivity index (χ1) is 10.3. The van der Waals surface area contributed by atoms with E-state index in [0.29, 0.717) is 5.88 Å². The topological polar surface area (TPSA) is 64.3 Å². The molecule has 0 amide bonds. The van der Waals surface area contributed by atoms with E-state index in [-0.39, 0.29) is 0 Å². The molecule has 1 aliphatic rings. The number of rotatable bonds is 5. The van der Waals surface area contributed by atoms with Crippen LogP contribution in [0.1, 0.15) is 12.8 Å². The fourth-order valence-electron chi connectivity index (χ4n) is 2.12. The summed E-state index contributed by atoms with van der Waals surface area (Å²) in [6.07, 6.45) is 6.36. The van der Waals surface area contributed by atoms with Gasteiger partial charge in [0.15, 0.2) is 0 Å².